The van der Waals surface area contributed by atoms with Gasteiger partial charge in [-0.25, -0.2) is 0 Å². The number of ether oxygens (including phenoxy) is 3. The Morgan fingerprint density at radius 2 is 1.63 bits per heavy atom. The third-order valence-corrected chi connectivity index (χ3v) is 6.46. The summed E-state index contributed by atoms with van der Waals surface area (Å²) in [7, 11) is 4.01. The molecule has 1 N–H and O–H groups in total. The lowest BCUT2D eigenvalue weighted by Crippen LogP contribution is -2.48. The molecule has 0 aromatic heterocycles. The van der Waals surface area contributed by atoms with Gasteiger partial charge in [0.25, 0.3) is 0 Å². The number of hydrogen-bond donors (Lipinski definition) is 1. The number of nitrogens with zero attached hydrogens (tertiary/aromatic N) is 2. The van der Waals surface area contributed by atoms with Crippen LogP contribution in [0, 0.1) is 0 Å². The van der Waals surface area contributed by atoms with E-state index in [0.29, 0.717) is 18.8 Å². The largest absolute Gasteiger partial charge is 0.390 e. The summed E-state index contributed by atoms with van der Waals surface area (Å²) >= 11 is 5.90. The highest BCUT2D eigenvalue weighted by atomic mass is 35.5. The van der Waals surface area contributed by atoms with E-state index in [2.05, 4.69) is 39.0 Å². The van der Waals surface area contributed by atoms with Crippen LogP contribution in [0.5, 0.6) is 0 Å². The number of alkyl halides is 1. The second-order valence-electron chi connectivity index (χ2n) is 8.34. The molecule has 3 heterocycles. The summed E-state index contributed by atoms with van der Waals surface area (Å²) in [5.41, 5.74) is -0.480. The van der Waals surface area contributed by atoms with Crippen molar-refractivity contribution in [2.45, 2.75) is 74.9 Å². The number of likely N-dealkylation sites (N-methyl/N-ethyl adjacent to an activating group) is 2. The quantitative estimate of drug-likeness (QED) is 0.432. The van der Waals surface area contributed by atoms with Gasteiger partial charge in [0.15, 0.2) is 0 Å². The zero-order valence-corrected chi connectivity index (χ0v) is 18.1. The first kappa shape index (κ1) is 22.8. The first-order chi connectivity index (χ1) is 12.5. The minimum absolute atomic E-state index is 0.0644. The Hall–Kier alpha value is -0.470. The van der Waals surface area contributed by atoms with Crippen molar-refractivity contribution in [1.82, 2.24) is 9.80 Å². The van der Waals surface area contributed by atoms with Crippen LogP contribution in [0.15, 0.2) is 25.3 Å². The van der Waals surface area contributed by atoms with Gasteiger partial charge in [-0.05, 0) is 41.8 Å². The monoisotopic (exact) mass is 402 g/mol. The molecular weight excluding hydrogens is 368 g/mol. The molecule has 0 spiro atoms. The summed E-state index contributed by atoms with van der Waals surface area (Å²) in [4.78, 5) is 4.23. The smallest absolute Gasteiger partial charge is 0.116 e. The highest BCUT2D eigenvalue weighted by Crippen LogP contribution is 2.36. The van der Waals surface area contributed by atoms with E-state index in [9.17, 15) is 5.11 Å². The lowest BCUT2D eigenvalue weighted by Gasteiger charge is -2.32. The molecule has 0 unspecified atom stereocenters. The topological polar surface area (TPSA) is 57.7 Å². The number of epoxide rings is 1. The number of halogens is 1. The molecule has 0 radical (unpaired) electrons. The summed E-state index contributed by atoms with van der Waals surface area (Å²) in [5.74, 6) is 0. The van der Waals surface area contributed by atoms with E-state index in [0.717, 1.165) is 6.61 Å². The molecule has 7 heteroatoms. The Kier molecular flexibility index (Phi) is 7.18. The molecular formula is C20H35ClN2O4. The molecule has 0 saturated carbocycles. The van der Waals surface area contributed by atoms with E-state index >= 15 is 0 Å². The molecule has 6 atom stereocenters. The molecule has 3 aliphatic rings. The van der Waals surface area contributed by atoms with Crippen LogP contribution < -0.4 is 0 Å². The lowest BCUT2D eigenvalue weighted by molar-refractivity contribution is -0.0458. The molecule has 3 saturated heterocycles. The Labute approximate surface area is 168 Å². The zero-order valence-electron chi connectivity index (χ0n) is 17.4. The molecule has 0 aromatic rings. The van der Waals surface area contributed by atoms with Crippen LogP contribution in [0.3, 0.4) is 0 Å². The molecule has 0 aliphatic carbocycles. The maximum atomic E-state index is 9.90. The predicted octanol–water partition coefficient (Wildman–Crippen LogP) is 2.21. The van der Waals surface area contributed by atoms with Crippen molar-refractivity contribution in [2.24, 2.45) is 0 Å². The summed E-state index contributed by atoms with van der Waals surface area (Å²) in [6.07, 6.45) is 3.31. The van der Waals surface area contributed by atoms with Crippen molar-refractivity contribution in [2.75, 3.05) is 27.3 Å². The molecule has 27 heavy (non-hydrogen) atoms. The van der Waals surface area contributed by atoms with Gasteiger partial charge in [0.1, 0.15) is 23.7 Å². The van der Waals surface area contributed by atoms with Crippen LogP contribution in [0.25, 0.3) is 0 Å². The van der Waals surface area contributed by atoms with Crippen molar-refractivity contribution in [3.8, 4) is 0 Å². The van der Waals surface area contributed by atoms with Gasteiger partial charge in [-0.15, -0.1) is 24.8 Å². The van der Waals surface area contributed by atoms with E-state index in [1.807, 2.05) is 31.9 Å². The van der Waals surface area contributed by atoms with Crippen molar-refractivity contribution in [3.63, 3.8) is 0 Å². The third-order valence-electron chi connectivity index (χ3n) is 6.03. The molecule has 3 fully saturated rings. The minimum Gasteiger partial charge on any atom is -0.390 e. The SMILES string of the molecule is C=C[C@H](Cl)[C@@H](O)[C@@H]1COC(C)(C)N1C.C=C[C@H]1O[C@H]1[C@@H]1COC(C)(C)N1C. The van der Waals surface area contributed by atoms with Crippen molar-refractivity contribution in [3.05, 3.63) is 25.3 Å². The Bertz CT molecular complexity index is 542. The fourth-order valence-corrected chi connectivity index (χ4v) is 3.60. The van der Waals surface area contributed by atoms with Gasteiger partial charge in [-0.2, -0.15) is 0 Å². The van der Waals surface area contributed by atoms with Gasteiger partial charge >= 0.3 is 0 Å². The maximum Gasteiger partial charge on any atom is 0.116 e. The summed E-state index contributed by atoms with van der Waals surface area (Å²) in [6, 6.07) is 0.323. The van der Waals surface area contributed by atoms with Gasteiger partial charge < -0.3 is 19.3 Å². The highest BCUT2D eigenvalue weighted by Gasteiger charge is 2.51. The highest BCUT2D eigenvalue weighted by molar-refractivity contribution is 6.22. The molecule has 3 aliphatic heterocycles. The van der Waals surface area contributed by atoms with Crippen molar-refractivity contribution < 1.29 is 19.3 Å². The minimum atomic E-state index is -0.638. The average molecular weight is 403 g/mol. The summed E-state index contributed by atoms with van der Waals surface area (Å²) < 4.78 is 16.7. The molecule has 6 nitrogen and oxygen atoms in total. The third kappa shape index (κ3) is 4.93. The van der Waals surface area contributed by atoms with E-state index in [1.54, 1.807) is 6.08 Å². The molecule has 3 rings (SSSR count). The number of rotatable bonds is 5. The Morgan fingerprint density at radius 1 is 1.07 bits per heavy atom. The number of aliphatic hydroxyl groups is 1. The van der Waals surface area contributed by atoms with Crippen LogP contribution in [-0.4, -0.2) is 89.4 Å². The van der Waals surface area contributed by atoms with Gasteiger partial charge in [0.2, 0.25) is 0 Å². The normalized spacial score (nSPS) is 37.2. The van der Waals surface area contributed by atoms with Gasteiger partial charge in [-0.3, -0.25) is 9.80 Å². The molecule has 0 amide bonds. The van der Waals surface area contributed by atoms with E-state index in [1.165, 1.54) is 0 Å². The fourth-order valence-electron chi connectivity index (χ4n) is 3.43. The first-order valence-electron chi connectivity index (χ1n) is 9.42. The van der Waals surface area contributed by atoms with Gasteiger partial charge in [0, 0.05) is 0 Å². The van der Waals surface area contributed by atoms with Gasteiger partial charge in [0.05, 0.1) is 36.8 Å². The summed E-state index contributed by atoms with van der Waals surface area (Å²) in [5, 5.41) is 9.46. The van der Waals surface area contributed by atoms with E-state index < -0.39 is 11.5 Å². The van der Waals surface area contributed by atoms with Crippen molar-refractivity contribution in [1.29, 1.82) is 0 Å². The zero-order chi connectivity index (χ0) is 20.6. The van der Waals surface area contributed by atoms with Crippen LogP contribution in [-0.2, 0) is 14.2 Å². The molecule has 0 aromatic carbocycles. The first-order valence-corrected chi connectivity index (χ1v) is 9.86. The molecule has 0 bridgehead atoms. The van der Waals surface area contributed by atoms with Crippen LogP contribution in [0.1, 0.15) is 27.7 Å². The maximum absolute atomic E-state index is 9.90. The van der Waals surface area contributed by atoms with Crippen LogP contribution in [0.4, 0.5) is 0 Å². The van der Waals surface area contributed by atoms with Crippen molar-refractivity contribution >= 4 is 11.6 Å². The van der Waals surface area contributed by atoms with E-state index in [-0.39, 0.29) is 23.6 Å². The second-order valence-corrected chi connectivity index (χ2v) is 8.85. The Morgan fingerprint density at radius 3 is 2.00 bits per heavy atom. The fraction of sp³-hybridized carbons (Fsp3) is 0.800. The van der Waals surface area contributed by atoms with Gasteiger partial charge in [-0.1, -0.05) is 12.2 Å². The van der Waals surface area contributed by atoms with E-state index in [4.69, 9.17) is 25.8 Å². The lowest BCUT2D eigenvalue weighted by atomic mass is 10.1. The standard InChI is InChI=1S/C10H18ClNO2.C10H17NO2/c1-5-7(11)9(13)8-6-14-10(2,3)12(8)4;1-5-8-9(13-8)7-6-12-10(2,3)11(7)4/h5,7-9,13H,1,6H2,2-4H3;5,7-9H,1,6H2,2-4H3/t7-,8-,9+;7-,8+,9-/m00/s1. The molecule has 156 valence electrons. The second kappa shape index (κ2) is 8.49. The predicted molar refractivity (Wildman–Crippen MR) is 108 cm³/mol. The number of hydrogen-bond acceptors (Lipinski definition) is 6. The summed E-state index contributed by atoms with van der Waals surface area (Å²) in [6.45, 7) is 16.7. The van der Waals surface area contributed by atoms with Crippen LogP contribution >= 0.6 is 11.6 Å². The Balaban J connectivity index is 0.000000194. The average Bonchev–Trinajstić information content (AvgIpc) is 3.28. The number of aliphatic hydroxyl groups excluding tert-OH is 1. The van der Waals surface area contributed by atoms with Crippen LogP contribution in [0.2, 0.25) is 0 Å².